The van der Waals surface area contributed by atoms with Crippen LogP contribution in [-0.4, -0.2) is 31.2 Å². The third kappa shape index (κ3) is 6.60. The van der Waals surface area contributed by atoms with E-state index in [0.717, 1.165) is 11.1 Å². The zero-order chi connectivity index (χ0) is 18.6. The fraction of sp³-hybridized carbons (Fsp3) is 0.150. The van der Waals surface area contributed by atoms with Crippen LogP contribution in [-0.2, 0) is 16.0 Å². The predicted molar refractivity (Wildman–Crippen MR) is 101 cm³/mol. The van der Waals surface area contributed by atoms with Crippen LogP contribution in [0.2, 0.25) is 0 Å². The molecule has 0 radical (unpaired) electrons. The molecule has 0 saturated heterocycles. The van der Waals surface area contributed by atoms with Crippen LogP contribution in [0.3, 0.4) is 0 Å². The summed E-state index contributed by atoms with van der Waals surface area (Å²) in [4.78, 5) is 23.4. The fourth-order valence-corrected chi connectivity index (χ4v) is 2.07. The molecule has 2 N–H and O–H groups in total. The van der Waals surface area contributed by atoms with Crippen molar-refractivity contribution in [2.75, 3.05) is 13.2 Å². The molecule has 0 bridgehead atoms. The second kappa shape index (κ2) is 10.5. The molecule has 26 heavy (non-hydrogen) atoms. The van der Waals surface area contributed by atoms with E-state index in [-0.39, 0.29) is 0 Å². The minimum Gasteiger partial charge on any atom is -0.490 e. The Balaban J connectivity index is 1.72. The minimum atomic E-state index is -0.805. The van der Waals surface area contributed by atoms with Gasteiger partial charge >= 0.3 is 11.8 Å². The zero-order valence-corrected chi connectivity index (χ0v) is 14.4. The van der Waals surface area contributed by atoms with Crippen molar-refractivity contribution in [3.05, 3.63) is 78.4 Å². The monoisotopic (exact) mass is 351 g/mol. The SMILES string of the molecule is C=CCOc1ccc(/C=N/NC(=O)C(=O)NCCc2ccccc2)cc1. The molecule has 0 fully saturated rings. The van der Waals surface area contributed by atoms with Crippen LogP contribution in [0.15, 0.2) is 72.4 Å². The molecule has 0 unspecified atom stereocenters. The van der Waals surface area contributed by atoms with E-state index in [1.165, 1.54) is 6.21 Å². The summed E-state index contributed by atoms with van der Waals surface area (Å²) < 4.78 is 5.37. The second-order valence-electron chi connectivity index (χ2n) is 5.36. The first kappa shape index (κ1) is 18.9. The molecule has 0 spiro atoms. The number of hydrogen-bond donors (Lipinski definition) is 2. The van der Waals surface area contributed by atoms with Gasteiger partial charge in [0.25, 0.3) is 0 Å². The van der Waals surface area contributed by atoms with Crippen molar-refractivity contribution in [2.45, 2.75) is 6.42 Å². The van der Waals surface area contributed by atoms with Gasteiger partial charge in [0.2, 0.25) is 0 Å². The Morgan fingerprint density at radius 2 is 1.77 bits per heavy atom. The minimum absolute atomic E-state index is 0.381. The van der Waals surface area contributed by atoms with E-state index in [1.807, 2.05) is 30.3 Å². The van der Waals surface area contributed by atoms with Gasteiger partial charge in [-0.05, 0) is 41.8 Å². The highest BCUT2D eigenvalue weighted by molar-refractivity contribution is 6.35. The first-order valence-corrected chi connectivity index (χ1v) is 8.18. The van der Waals surface area contributed by atoms with Crippen LogP contribution in [0.4, 0.5) is 0 Å². The summed E-state index contributed by atoms with van der Waals surface area (Å²) in [6.45, 7) is 4.39. The average Bonchev–Trinajstić information content (AvgIpc) is 2.68. The van der Waals surface area contributed by atoms with Gasteiger partial charge in [-0.25, -0.2) is 5.43 Å². The smallest absolute Gasteiger partial charge is 0.329 e. The summed E-state index contributed by atoms with van der Waals surface area (Å²) in [5, 5.41) is 6.34. The average molecular weight is 351 g/mol. The number of nitrogens with zero attached hydrogens (tertiary/aromatic N) is 1. The van der Waals surface area contributed by atoms with E-state index >= 15 is 0 Å². The van der Waals surface area contributed by atoms with Crippen molar-refractivity contribution < 1.29 is 14.3 Å². The Morgan fingerprint density at radius 3 is 2.46 bits per heavy atom. The van der Waals surface area contributed by atoms with E-state index in [9.17, 15) is 9.59 Å². The van der Waals surface area contributed by atoms with Crippen LogP contribution >= 0.6 is 0 Å². The highest BCUT2D eigenvalue weighted by atomic mass is 16.5. The number of nitrogens with one attached hydrogen (secondary N) is 2. The van der Waals surface area contributed by atoms with Gasteiger partial charge in [-0.15, -0.1) is 0 Å². The van der Waals surface area contributed by atoms with Crippen LogP contribution in [0.25, 0.3) is 0 Å². The molecule has 0 aromatic heterocycles. The van der Waals surface area contributed by atoms with Crippen LogP contribution in [0.1, 0.15) is 11.1 Å². The summed E-state index contributed by atoms with van der Waals surface area (Å²) in [5.41, 5.74) is 4.06. The molecule has 134 valence electrons. The molecule has 2 amide bonds. The van der Waals surface area contributed by atoms with E-state index in [4.69, 9.17) is 4.74 Å². The number of rotatable bonds is 8. The van der Waals surface area contributed by atoms with Gasteiger partial charge in [0, 0.05) is 6.54 Å². The van der Waals surface area contributed by atoms with E-state index in [2.05, 4.69) is 22.4 Å². The van der Waals surface area contributed by atoms with Gasteiger partial charge in [-0.3, -0.25) is 9.59 Å². The number of hydrazone groups is 1. The molecule has 2 aromatic rings. The first-order valence-electron chi connectivity index (χ1n) is 8.18. The molecule has 0 saturated carbocycles. The molecular weight excluding hydrogens is 330 g/mol. The van der Waals surface area contributed by atoms with Crippen LogP contribution < -0.4 is 15.5 Å². The van der Waals surface area contributed by atoms with Crippen molar-refractivity contribution in [3.8, 4) is 5.75 Å². The third-order valence-electron chi connectivity index (χ3n) is 3.38. The summed E-state index contributed by atoms with van der Waals surface area (Å²) in [6.07, 6.45) is 3.77. The number of carbonyl (C=O) groups excluding carboxylic acids is 2. The lowest BCUT2D eigenvalue weighted by Gasteiger charge is -2.04. The number of ether oxygens (including phenoxy) is 1. The van der Waals surface area contributed by atoms with E-state index in [1.54, 1.807) is 30.3 Å². The van der Waals surface area contributed by atoms with E-state index in [0.29, 0.717) is 25.3 Å². The lowest BCUT2D eigenvalue weighted by molar-refractivity contribution is -0.139. The molecular formula is C20H21N3O3. The summed E-state index contributed by atoms with van der Waals surface area (Å²) in [6, 6.07) is 16.8. The quantitative estimate of drug-likeness (QED) is 0.331. The molecule has 6 heteroatoms. The van der Waals surface area contributed by atoms with Crippen molar-refractivity contribution in [1.29, 1.82) is 0 Å². The summed E-state index contributed by atoms with van der Waals surface area (Å²) in [7, 11) is 0. The molecule has 2 rings (SSSR count). The van der Waals surface area contributed by atoms with Gasteiger partial charge in [0.15, 0.2) is 0 Å². The lowest BCUT2D eigenvalue weighted by Crippen LogP contribution is -2.38. The number of amides is 2. The van der Waals surface area contributed by atoms with Crippen LogP contribution in [0, 0.1) is 0 Å². The number of hydrogen-bond acceptors (Lipinski definition) is 4. The summed E-state index contributed by atoms with van der Waals surface area (Å²) in [5.74, 6) is -0.810. The second-order valence-corrected chi connectivity index (χ2v) is 5.36. The molecule has 0 aliphatic rings. The summed E-state index contributed by atoms with van der Waals surface area (Å²) >= 11 is 0. The Bertz CT molecular complexity index is 756. The lowest BCUT2D eigenvalue weighted by atomic mass is 10.1. The molecule has 0 aliphatic carbocycles. The topological polar surface area (TPSA) is 79.8 Å². The highest BCUT2D eigenvalue weighted by Crippen LogP contribution is 2.10. The molecule has 6 nitrogen and oxygen atoms in total. The normalized spacial score (nSPS) is 10.3. The largest absolute Gasteiger partial charge is 0.490 e. The molecule has 0 heterocycles. The Hall–Kier alpha value is -3.41. The maximum Gasteiger partial charge on any atom is 0.329 e. The van der Waals surface area contributed by atoms with Crippen molar-refractivity contribution in [3.63, 3.8) is 0 Å². The predicted octanol–water partition coefficient (Wildman–Crippen LogP) is 2.06. The molecule has 0 atom stereocenters. The van der Waals surface area contributed by atoms with Gasteiger partial charge in [-0.2, -0.15) is 5.10 Å². The standard InChI is InChI=1S/C20H21N3O3/c1-2-14-26-18-10-8-17(9-11-18)15-22-23-20(25)19(24)21-13-12-16-6-4-3-5-7-16/h2-11,15H,1,12-14H2,(H,21,24)(H,23,25)/b22-15+. The van der Waals surface area contributed by atoms with Crippen molar-refractivity contribution >= 4 is 18.0 Å². The van der Waals surface area contributed by atoms with E-state index < -0.39 is 11.8 Å². The van der Waals surface area contributed by atoms with Gasteiger partial charge < -0.3 is 10.1 Å². The Kier molecular flexibility index (Phi) is 7.61. The van der Waals surface area contributed by atoms with Gasteiger partial charge in [-0.1, -0.05) is 43.0 Å². The number of carbonyl (C=O) groups is 2. The first-order chi connectivity index (χ1) is 12.7. The maximum absolute atomic E-state index is 11.7. The molecule has 2 aromatic carbocycles. The third-order valence-corrected chi connectivity index (χ3v) is 3.38. The Morgan fingerprint density at radius 1 is 1.04 bits per heavy atom. The fourth-order valence-electron chi connectivity index (χ4n) is 2.07. The molecule has 0 aliphatic heterocycles. The van der Waals surface area contributed by atoms with Crippen molar-refractivity contribution in [2.24, 2.45) is 5.10 Å². The number of benzene rings is 2. The van der Waals surface area contributed by atoms with Gasteiger partial charge in [0.1, 0.15) is 12.4 Å². The van der Waals surface area contributed by atoms with Crippen molar-refractivity contribution in [1.82, 2.24) is 10.7 Å². The highest BCUT2D eigenvalue weighted by Gasteiger charge is 2.11. The zero-order valence-electron chi connectivity index (χ0n) is 14.4. The van der Waals surface area contributed by atoms with Gasteiger partial charge in [0.05, 0.1) is 6.21 Å². The maximum atomic E-state index is 11.7. The Labute approximate surface area is 152 Å². The van der Waals surface area contributed by atoms with Crippen LogP contribution in [0.5, 0.6) is 5.75 Å².